The van der Waals surface area contributed by atoms with E-state index in [9.17, 15) is 0 Å². The average molecular weight is 356 g/mol. The minimum absolute atomic E-state index is 0.168. The lowest BCUT2D eigenvalue weighted by Crippen LogP contribution is -2.16. The molecule has 0 saturated heterocycles. The lowest BCUT2D eigenvalue weighted by Gasteiger charge is -2.17. The molecule has 0 aliphatic carbocycles. The van der Waals surface area contributed by atoms with Gasteiger partial charge in [0.25, 0.3) is 0 Å². The molecule has 0 radical (unpaired) electrons. The van der Waals surface area contributed by atoms with Crippen LogP contribution in [0.4, 0.5) is 0 Å². The number of benzene rings is 1. The van der Waals surface area contributed by atoms with Crippen molar-refractivity contribution in [3.8, 4) is 5.88 Å². The van der Waals surface area contributed by atoms with E-state index < -0.39 is 0 Å². The third-order valence-electron chi connectivity index (χ3n) is 2.62. The number of hydrogen-bond donors (Lipinski definition) is 0. The lowest BCUT2D eigenvalue weighted by atomic mass is 9.96. The summed E-state index contributed by atoms with van der Waals surface area (Å²) in [7, 11) is 0. The Morgan fingerprint density at radius 1 is 1.20 bits per heavy atom. The fraction of sp³-hybridized carbons (Fsp3) is 0.333. The van der Waals surface area contributed by atoms with Crippen LogP contribution in [0, 0.1) is 0 Å². The Labute approximate surface area is 132 Å². The molecule has 0 aliphatic rings. The molecule has 0 saturated carbocycles. The van der Waals surface area contributed by atoms with Gasteiger partial charge in [-0.3, -0.25) is 0 Å². The Kier molecular flexibility index (Phi) is 4.66. The summed E-state index contributed by atoms with van der Waals surface area (Å²) < 4.78 is 6.73. The summed E-state index contributed by atoms with van der Waals surface area (Å²) in [5, 5.41) is 0.397. The fourth-order valence-electron chi connectivity index (χ4n) is 1.59. The predicted octanol–water partition coefficient (Wildman–Crippen LogP) is 4.77. The van der Waals surface area contributed by atoms with Crippen LogP contribution in [-0.2, 0) is 12.0 Å². The van der Waals surface area contributed by atoms with Gasteiger partial charge in [0.1, 0.15) is 17.6 Å². The minimum atomic E-state index is -0.168. The largest absolute Gasteiger partial charge is 0.473 e. The van der Waals surface area contributed by atoms with Gasteiger partial charge >= 0.3 is 0 Å². The summed E-state index contributed by atoms with van der Waals surface area (Å²) in [6.45, 7) is 6.56. The SMILES string of the molecule is CC(C)(C)c1nc(Cl)cc(OCc2cccc(Br)c2)n1. The maximum atomic E-state index is 6.02. The van der Waals surface area contributed by atoms with Crippen molar-refractivity contribution in [1.82, 2.24) is 9.97 Å². The molecule has 0 fully saturated rings. The van der Waals surface area contributed by atoms with Gasteiger partial charge in [-0.15, -0.1) is 0 Å². The van der Waals surface area contributed by atoms with Crippen LogP contribution in [0.1, 0.15) is 32.2 Å². The summed E-state index contributed by atoms with van der Waals surface area (Å²) in [6.07, 6.45) is 0. The molecular weight excluding hydrogens is 340 g/mol. The van der Waals surface area contributed by atoms with Crippen LogP contribution in [0.2, 0.25) is 5.15 Å². The first kappa shape index (κ1) is 15.3. The minimum Gasteiger partial charge on any atom is -0.473 e. The van der Waals surface area contributed by atoms with Crippen LogP contribution in [0.5, 0.6) is 5.88 Å². The Morgan fingerprint density at radius 3 is 2.60 bits per heavy atom. The van der Waals surface area contributed by atoms with Gasteiger partial charge in [0, 0.05) is 16.0 Å². The molecular formula is C15H16BrClN2O. The molecule has 1 aromatic heterocycles. The van der Waals surface area contributed by atoms with Crippen molar-refractivity contribution in [2.45, 2.75) is 32.8 Å². The molecule has 5 heteroatoms. The summed E-state index contributed by atoms with van der Waals surface area (Å²) in [6, 6.07) is 9.58. The van der Waals surface area contributed by atoms with Crippen molar-refractivity contribution in [2.24, 2.45) is 0 Å². The average Bonchev–Trinajstić information content (AvgIpc) is 2.35. The number of aromatic nitrogens is 2. The van der Waals surface area contributed by atoms with Crippen molar-refractivity contribution in [2.75, 3.05) is 0 Å². The maximum Gasteiger partial charge on any atom is 0.218 e. The topological polar surface area (TPSA) is 35.0 Å². The zero-order valence-electron chi connectivity index (χ0n) is 11.7. The molecule has 3 nitrogen and oxygen atoms in total. The fourth-order valence-corrected chi connectivity index (χ4v) is 2.21. The molecule has 1 heterocycles. The molecule has 0 atom stereocenters. The molecule has 0 bridgehead atoms. The second-order valence-electron chi connectivity index (χ2n) is 5.52. The molecule has 0 aliphatic heterocycles. The Balaban J connectivity index is 2.16. The molecule has 1 aromatic carbocycles. The number of nitrogens with zero attached hydrogens (tertiary/aromatic N) is 2. The monoisotopic (exact) mass is 354 g/mol. The normalized spacial score (nSPS) is 11.4. The van der Waals surface area contributed by atoms with E-state index in [0.717, 1.165) is 10.0 Å². The number of halogens is 2. The van der Waals surface area contributed by atoms with E-state index in [2.05, 4.69) is 25.9 Å². The molecule has 0 amide bonds. The Morgan fingerprint density at radius 2 is 1.95 bits per heavy atom. The zero-order valence-corrected chi connectivity index (χ0v) is 14.0. The highest BCUT2D eigenvalue weighted by molar-refractivity contribution is 9.10. The molecule has 0 spiro atoms. The third kappa shape index (κ3) is 4.18. The maximum absolute atomic E-state index is 6.02. The van der Waals surface area contributed by atoms with Crippen LogP contribution in [0.15, 0.2) is 34.8 Å². The smallest absolute Gasteiger partial charge is 0.218 e. The van der Waals surface area contributed by atoms with Gasteiger partial charge in [-0.2, -0.15) is 4.98 Å². The highest BCUT2D eigenvalue weighted by atomic mass is 79.9. The Bertz CT molecular complexity index is 611. The standard InChI is InChI=1S/C15H16BrClN2O/c1-15(2,3)14-18-12(17)8-13(19-14)20-9-10-5-4-6-11(16)7-10/h4-8H,9H2,1-3H3. The van der Waals surface area contributed by atoms with E-state index in [1.807, 2.05) is 45.0 Å². The molecule has 0 N–H and O–H groups in total. The first-order chi connectivity index (χ1) is 9.34. The summed E-state index contributed by atoms with van der Waals surface area (Å²) in [4.78, 5) is 8.65. The van der Waals surface area contributed by atoms with Crippen LogP contribution in [-0.4, -0.2) is 9.97 Å². The molecule has 20 heavy (non-hydrogen) atoms. The van der Waals surface area contributed by atoms with E-state index in [0.29, 0.717) is 23.5 Å². The highest BCUT2D eigenvalue weighted by Crippen LogP contribution is 2.23. The summed E-state index contributed by atoms with van der Waals surface area (Å²) in [5.74, 6) is 1.17. The van der Waals surface area contributed by atoms with Crippen LogP contribution in [0.3, 0.4) is 0 Å². The molecule has 0 unspecified atom stereocenters. The first-order valence-corrected chi connectivity index (χ1v) is 7.44. The van der Waals surface area contributed by atoms with E-state index in [-0.39, 0.29) is 5.41 Å². The number of rotatable bonds is 3. The van der Waals surface area contributed by atoms with E-state index >= 15 is 0 Å². The van der Waals surface area contributed by atoms with Crippen molar-refractivity contribution in [3.63, 3.8) is 0 Å². The van der Waals surface area contributed by atoms with E-state index in [1.165, 1.54) is 0 Å². The quantitative estimate of drug-likeness (QED) is 0.744. The van der Waals surface area contributed by atoms with E-state index in [1.54, 1.807) is 6.07 Å². The highest BCUT2D eigenvalue weighted by Gasteiger charge is 2.19. The van der Waals surface area contributed by atoms with Gasteiger partial charge in [-0.05, 0) is 17.7 Å². The van der Waals surface area contributed by atoms with Gasteiger partial charge in [-0.25, -0.2) is 4.98 Å². The summed E-state index contributed by atoms with van der Waals surface area (Å²) in [5.41, 5.74) is 0.894. The molecule has 106 valence electrons. The van der Waals surface area contributed by atoms with Gasteiger partial charge in [0.2, 0.25) is 5.88 Å². The first-order valence-electron chi connectivity index (χ1n) is 6.27. The van der Waals surface area contributed by atoms with Gasteiger partial charge in [0.15, 0.2) is 0 Å². The third-order valence-corrected chi connectivity index (χ3v) is 3.30. The second kappa shape index (κ2) is 6.10. The van der Waals surface area contributed by atoms with Gasteiger partial charge in [-0.1, -0.05) is 60.4 Å². The lowest BCUT2D eigenvalue weighted by molar-refractivity contribution is 0.290. The van der Waals surface area contributed by atoms with Crippen LogP contribution in [0.25, 0.3) is 0 Å². The zero-order chi connectivity index (χ0) is 14.8. The van der Waals surface area contributed by atoms with Crippen molar-refractivity contribution >= 4 is 27.5 Å². The second-order valence-corrected chi connectivity index (χ2v) is 6.82. The number of ether oxygens (including phenoxy) is 1. The molecule has 2 aromatic rings. The Hall–Kier alpha value is -1.13. The van der Waals surface area contributed by atoms with E-state index in [4.69, 9.17) is 16.3 Å². The predicted molar refractivity (Wildman–Crippen MR) is 84.2 cm³/mol. The van der Waals surface area contributed by atoms with Crippen molar-refractivity contribution in [3.05, 3.63) is 51.3 Å². The van der Waals surface area contributed by atoms with Crippen LogP contribution >= 0.6 is 27.5 Å². The van der Waals surface area contributed by atoms with Crippen molar-refractivity contribution in [1.29, 1.82) is 0 Å². The van der Waals surface area contributed by atoms with Gasteiger partial charge < -0.3 is 4.74 Å². The van der Waals surface area contributed by atoms with Crippen molar-refractivity contribution < 1.29 is 4.74 Å². The number of hydrogen-bond acceptors (Lipinski definition) is 3. The molecule has 2 rings (SSSR count). The van der Waals surface area contributed by atoms with Crippen LogP contribution < -0.4 is 4.74 Å². The summed E-state index contributed by atoms with van der Waals surface area (Å²) >= 11 is 9.46. The van der Waals surface area contributed by atoms with Gasteiger partial charge in [0.05, 0.1) is 0 Å².